The quantitative estimate of drug-likeness (QED) is 0.567. The lowest BCUT2D eigenvalue weighted by Gasteiger charge is -2.18. The molecule has 0 N–H and O–H groups in total. The van der Waals surface area contributed by atoms with Crippen LogP contribution in [0.15, 0.2) is 59.1 Å². The van der Waals surface area contributed by atoms with E-state index < -0.39 is 0 Å². The van der Waals surface area contributed by atoms with Crippen molar-refractivity contribution in [3.05, 3.63) is 64.6 Å². The van der Waals surface area contributed by atoms with E-state index in [4.69, 9.17) is 4.98 Å². The molecule has 0 aliphatic rings. The molecule has 0 saturated carbocycles. The zero-order chi connectivity index (χ0) is 17.8. The van der Waals surface area contributed by atoms with E-state index in [2.05, 4.69) is 22.9 Å². The van der Waals surface area contributed by atoms with E-state index in [1.54, 1.807) is 4.90 Å². The first kappa shape index (κ1) is 17.6. The lowest BCUT2D eigenvalue weighted by molar-refractivity contribution is 0.0795. The summed E-state index contributed by atoms with van der Waals surface area (Å²) >= 11 is 3.46. The summed E-state index contributed by atoms with van der Waals surface area (Å²) in [6.07, 6.45) is 2.07. The number of hydrogen-bond donors (Lipinski definition) is 0. The highest BCUT2D eigenvalue weighted by atomic mass is 79.9. The molecule has 128 valence electrons. The van der Waals surface area contributed by atoms with Crippen LogP contribution in [0, 0.1) is 0 Å². The third-order valence-electron chi connectivity index (χ3n) is 4.28. The number of hydrogen-bond acceptors (Lipinski definition) is 2. The number of carbonyl (C=O) groups excluding carboxylic acids is 1. The van der Waals surface area contributed by atoms with Crippen LogP contribution in [0.2, 0.25) is 0 Å². The highest BCUT2D eigenvalue weighted by Crippen LogP contribution is 2.26. The van der Waals surface area contributed by atoms with Crippen molar-refractivity contribution in [1.29, 1.82) is 0 Å². The number of unbranched alkanes of at least 4 members (excludes halogenated alkanes) is 1. The van der Waals surface area contributed by atoms with Gasteiger partial charge in [-0.05, 0) is 30.7 Å². The molecule has 0 radical (unpaired) electrons. The van der Waals surface area contributed by atoms with Crippen LogP contribution in [-0.2, 0) is 0 Å². The molecular formula is C21H21BrN2O. The van der Waals surface area contributed by atoms with E-state index in [-0.39, 0.29) is 5.91 Å². The highest BCUT2D eigenvalue weighted by molar-refractivity contribution is 9.10. The first-order valence-electron chi connectivity index (χ1n) is 8.51. The van der Waals surface area contributed by atoms with Gasteiger partial charge in [0.05, 0.1) is 16.8 Å². The molecule has 3 rings (SSSR count). The van der Waals surface area contributed by atoms with Gasteiger partial charge in [-0.3, -0.25) is 4.79 Å². The summed E-state index contributed by atoms with van der Waals surface area (Å²) in [4.78, 5) is 19.5. The Balaban J connectivity index is 2.09. The number of rotatable bonds is 5. The van der Waals surface area contributed by atoms with Gasteiger partial charge >= 0.3 is 0 Å². The predicted octanol–water partition coefficient (Wildman–Crippen LogP) is 5.54. The maximum atomic E-state index is 13.0. The Morgan fingerprint density at radius 2 is 1.84 bits per heavy atom. The number of pyridine rings is 1. The Bertz CT molecular complexity index is 890. The summed E-state index contributed by atoms with van der Waals surface area (Å²) < 4.78 is 1.02. The zero-order valence-electron chi connectivity index (χ0n) is 14.5. The van der Waals surface area contributed by atoms with Crippen molar-refractivity contribution >= 4 is 32.7 Å². The monoisotopic (exact) mass is 396 g/mol. The fourth-order valence-electron chi connectivity index (χ4n) is 2.82. The van der Waals surface area contributed by atoms with Crippen LogP contribution in [0.25, 0.3) is 22.2 Å². The van der Waals surface area contributed by atoms with Crippen molar-refractivity contribution in [2.24, 2.45) is 0 Å². The van der Waals surface area contributed by atoms with Crippen molar-refractivity contribution in [2.75, 3.05) is 13.6 Å². The number of fused-ring (bicyclic) bond motifs is 1. The SMILES string of the molecule is CCCCN(C)C(=O)c1cc(-c2ccc(Br)cc2)nc2ccccc12. The Morgan fingerprint density at radius 1 is 1.12 bits per heavy atom. The molecular weight excluding hydrogens is 376 g/mol. The number of amides is 1. The first-order chi connectivity index (χ1) is 12.1. The maximum Gasteiger partial charge on any atom is 0.254 e. The van der Waals surface area contributed by atoms with E-state index in [0.29, 0.717) is 5.56 Å². The Morgan fingerprint density at radius 3 is 2.56 bits per heavy atom. The van der Waals surface area contributed by atoms with Crippen LogP contribution in [0.5, 0.6) is 0 Å². The van der Waals surface area contributed by atoms with Gasteiger partial charge in [0.2, 0.25) is 0 Å². The van der Waals surface area contributed by atoms with Crippen molar-refractivity contribution in [1.82, 2.24) is 9.88 Å². The number of para-hydroxylation sites is 1. The van der Waals surface area contributed by atoms with E-state index in [1.807, 2.05) is 61.6 Å². The van der Waals surface area contributed by atoms with Crippen LogP contribution in [-0.4, -0.2) is 29.4 Å². The van der Waals surface area contributed by atoms with Gasteiger partial charge in [-0.25, -0.2) is 4.98 Å². The van der Waals surface area contributed by atoms with Gasteiger partial charge < -0.3 is 4.90 Å². The molecule has 0 spiro atoms. The summed E-state index contributed by atoms with van der Waals surface area (Å²) in [6.45, 7) is 2.89. The number of carbonyl (C=O) groups is 1. The third-order valence-corrected chi connectivity index (χ3v) is 4.81. The van der Waals surface area contributed by atoms with Gasteiger partial charge in [-0.2, -0.15) is 0 Å². The lowest BCUT2D eigenvalue weighted by Crippen LogP contribution is -2.28. The van der Waals surface area contributed by atoms with Crippen LogP contribution < -0.4 is 0 Å². The van der Waals surface area contributed by atoms with Crippen molar-refractivity contribution in [3.63, 3.8) is 0 Å². The van der Waals surface area contributed by atoms with Crippen molar-refractivity contribution < 1.29 is 4.79 Å². The Kier molecular flexibility index (Phi) is 5.49. The van der Waals surface area contributed by atoms with E-state index in [0.717, 1.165) is 46.0 Å². The standard InChI is InChI=1S/C21H21BrN2O/c1-3-4-13-24(2)21(25)18-14-20(15-9-11-16(22)12-10-15)23-19-8-6-5-7-17(18)19/h5-12,14H,3-4,13H2,1-2H3. The molecule has 0 unspecified atom stereocenters. The van der Waals surface area contributed by atoms with Crippen LogP contribution >= 0.6 is 15.9 Å². The maximum absolute atomic E-state index is 13.0. The van der Waals surface area contributed by atoms with Gasteiger partial charge in [0.15, 0.2) is 0 Å². The molecule has 4 heteroatoms. The Hall–Kier alpha value is -2.20. The van der Waals surface area contributed by atoms with Crippen LogP contribution in [0.1, 0.15) is 30.1 Å². The van der Waals surface area contributed by atoms with Crippen molar-refractivity contribution in [2.45, 2.75) is 19.8 Å². The highest BCUT2D eigenvalue weighted by Gasteiger charge is 2.17. The fraction of sp³-hybridized carbons (Fsp3) is 0.238. The van der Waals surface area contributed by atoms with Gasteiger partial charge in [0.25, 0.3) is 5.91 Å². The molecule has 0 aliphatic heterocycles. The summed E-state index contributed by atoms with van der Waals surface area (Å²) in [5, 5.41) is 0.900. The van der Waals surface area contributed by atoms with Gasteiger partial charge in [-0.15, -0.1) is 0 Å². The Labute approximate surface area is 156 Å². The number of aromatic nitrogens is 1. The van der Waals surface area contributed by atoms with E-state index in [9.17, 15) is 4.79 Å². The molecule has 2 aromatic carbocycles. The molecule has 0 bridgehead atoms. The smallest absolute Gasteiger partial charge is 0.254 e. The van der Waals surface area contributed by atoms with Gasteiger partial charge in [0, 0.05) is 29.0 Å². The summed E-state index contributed by atoms with van der Waals surface area (Å²) in [6, 6.07) is 17.7. The normalized spacial score (nSPS) is 10.8. The first-order valence-corrected chi connectivity index (χ1v) is 9.30. The minimum absolute atomic E-state index is 0.0467. The van der Waals surface area contributed by atoms with E-state index in [1.165, 1.54) is 0 Å². The topological polar surface area (TPSA) is 33.2 Å². The number of halogens is 1. The molecule has 0 atom stereocenters. The zero-order valence-corrected chi connectivity index (χ0v) is 16.1. The summed E-state index contributed by atoms with van der Waals surface area (Å²) in [7, 11) is 1.87. The molecule has 3 nitrogen and oxygen atoms in total. The minimum atomic E-state index is 0.0467. The molecule has 3 aromatic rings. The molecule has 25 heavy (non-hydrogen) atoms. The van der Waals surface area contributed by atoms with Crippen LogP contribution in [0.4, 0.5) is 0 Å². The van der Waals surface area contributed by atoms with E-state index >= 15 is 0 Å². The molecule has 1 aromatic heterocycles. The minimum Gasteiger partial charge on any atom is -0.342 e. The second-order valence-corrected chi connectivity index (χ2v) is 7.08. The van der Waals surface area contributed by atoms with Gasteiger partial charge in [-0.1, -0.05) is 59.6 Å². The average Bonchev–Trinajstić information content (AvgIpc) is 2.65. The third kappa shape index (κ3) is 3.90. The number of nitrogens with zero attached hydrogens (tertiary/aromatic N) is 2. The molecule has 0 aliphatic carbocycles. The molecule has 0 fully saturated rings. The largest absolute Gasteiger partial charge is 0.342 e. The average molecular weight is 397 g/mol. The van der Waals surface area contributed by atoms with Crippen LogP contribution in [0.3, 0.4) is 0 Å². The lowest BCUT2D eigenvalue weighted by atomic mass is 10.0. The fourth-order valence-corrected chi connectivity index (χ4v) is 3.09. The van der Waals surface area contributed by atoms with Crippen molar-refractivity contribution in [3.8, 4) is 11.3 Å². The summed E-state index contributed by atoms with van der Waals surface area (Å²) in [5.74, 6) is 0.0467. The number of benzene rings is 2. The second-order valence-electron chi connectivity index (χ2n) is 6.16. The molecule has 1 amide bonds. The second kappa shape index (κ2) is 7.79. The van der Waals surface area contributed by atoms with Gasteiger partial charge in [0.1, 0.15) is 0 Å². The predicted molar refractivity (Wildman–Crippen MR) is 107 cm³/mol. The molecule has 0 saturated heterocycles. The molecule has 1 heterocycles. The summed E-state index contributed by atoms with van der Waals surface area (Å²) in [5.41, 5.74) is 3.37.